The summed E-state index contributed by atoms with van der Waals surface area (Å²) in [6.45, 7) is 9.22. The molecule has 2 unspecified atom stereocenters. The maximum Gasteiger partial charge on any atom is 0.183 e. The van der Waals surface area contributed by atoms with Crippen molar-refractivity contribution in [2.75, 3.05) is 0 Å². The summed E-state index contributed by atoms with van der Waals surface area (Å²) in [5.74, 6) is 1.10. The van der Waals surface area contributed by atoms with E-state index in [1.807, 2.05) is 16.8 Å². The lowest BCUT2D eigenvalue weighted by atomic mass is 9.97. The summed E-state index contributed by atoms with van der Waals surface area (Å²) < 4.78 is 1.88. The average Bonchev–Trinajstić information content (AvgIpc) is 3.44. The summed E-state index contributed by atoms with van der Waals surface area (Å²) in [6.07, 6.45) is 5.82. The van der Waals surface area contributed by atoms with Crippen LogP contribution in [0.15, 0.2) is 53.5 Å². The van der Waals surface area contributed by atoms with Crippen LogP contribution in [0.25, 0.3) is 22.5 Å². The van der Waals surface area contributed by atoms with Crippen LogP contribution in [-0.4, -0.2) is 48.8 Å². The summed E-state index contributed by atoms with van der Waals surface area (Å²) in [5.41, 5.74) is 5.31. The molecule has 0 bridgehead atoms. The Morgan fingerprint density at radius 3 is 2.42 bits per heavy atom. The second kappa shape index (κ2) is 10.1. The molecule has 0 radical (unpaired) electrons. The third kappa shape index (κ3) is 4.76. The van der Waals surface area contributed by atoms with Crippen LogP contribution in [0.3, 0.4) is 0 Å². The van der Waals surface area contributed by atoms with Crippen LogP contribution in [0, 0.1) is 0 Å². The number of rotatable bonds is 6. The van der Waals surface area contributed by atoms with Crippen molar-refractivity contribution in [1.82, 2.24) is 25.1 Å². The number of benzene rings is 2. The number of hydrogen-bond acceptors (Lipinski definition) is 6. The number of aliphatic imine (C=N–C) groups is 1. The van der Waals surface area contributed by atoms with Gasteiger partial charge in [0.05, 0.1) is 5.54 Å². The van der Waals surface area contributed by atoms with Crippen LogP contribution >= 0.6 is 0 Å². The van der Waals surface area contributed by atoms with Gasteiger partial charge in [0, 0.05) is 24.2 Å². The zero-order chi connectivity index (χ0) is 25.3. The number of aromatic nitrogens is 4. The molecule has 7 heteroatoms. The maximum absolute atomic E-state index is 13.0. The van der Waals surface area contributed by atoms with Crippen LogP contribution in [0.1, 0.15) is 71.8 Å². The lowest BCUT2D eigenvalue weighted by molar-refractivity contribution is -0.122. The van der Waals surface area contributed by atoms with Crippen LogP contribution in [0.4, 0.5) is 0 Å². The van der Waals surface area contributed by atoms with Crippen LogP contribution in [0.2, 0.25) is 0 Å². The predicted octanol–water partition coefficient (Wildman–Crippen LogP) is 5.66. The van der Waals surface area contributed by atoms with Crippen molar-refractivity contribution in [3.63, 3.8) is 0 Å². The van der Waals surface area contributed by atoms with Gasteiger partial charge in [0.15, 0.2) is 11.6 Å². The van der Waals surface area contributed by atoms with E-state index in [0.717, 1.165) is 66.9 Å². The number of carbonyl (C=O) groups excluding carboxylic acids is 1. The van der Waals surface area contributed by atoms with Crippen LogP contribution < -0.4 is 0 Å². The Balaban J connectivity index is 1.42. The molecule has 3 aromatic rings. The third-order valence-corrected chi connectivity index (χ3v) is 7.21. The lowest BCUT2D eigenvalue weighted by Crippen LogP contribution is -2.44. The molecule has 0 amide bonds. The second-order valence-corrected chi connectivity index (χ2v) is 11.0. The predicted molar refractivity (Wildman–Crippen MR) is 143 cm³/mol. The van der Waals surface area contributed by atoms with Crippen LogP contribution in [-0.2, 0) is 16.9 Å². The SMILES string of the molecule is CCCC1N=C2CCCCC(=O)C2N1Cc1ccc(-c2ccccc2-c2nnnn2C(C)(C)C)cc1. The van der Waals surface area contributed by atoms with Gasteiger partial charge in [0.2, 0.25) is 0 Å². The number of hydrogen-bond donors (Lipinski definition) is 0. The smallest absolute Gasteiger partial charge is 0.183 e. The van der Waals surface area contributed by atoms with Gasteiger partial charge < -0.3 is 0 Å². The first kappa shape index (κ1) is 24.5. The largest absolute Gasteiger partial charge is 0.297 e. The Morgan fingerprint density at radius 1 is 0.972 bits per heavy atom. The molecule has 5 rings (SSSR count). The van der Waals surface area contributed by atoms with Gasteiger partial charge in [0.1, 0.15) is 12.2 Å². The monoisotopic (exact) mass is 484 g/mol. The number of fused-ring (bicyclic) bond motifs is 1. The zero-order valence-electron chi connectivity index (χ0n) is 21.8. The van der Waals surface area contributed by atoms with Gasteiger partial charge in [-0.3, -0.25) is 14.7 Å². The number of tetrazole rings is 1. The topological polar surface area (TPSA) is 76.3 Å². The van der Waals surface area contributed by atoms with E-state index in [1.165, 1.54) is 5.56 Å². The molecule has 1 fully saturated rings. The normalized spacial score (nSPS) is 20.8. The quantitative estimate of drug-likeness (QED) is 0.451. The molecule has 2 heterocycles. The molecule has 188 valence electrons. The van der Waals surface area contributed by atoms with E-state index in [-0.39, 0.29) is 17.7 Å². The van der Waals surface area contributed by atoms with Crippen LogP contribution in [0.5, 0.6) is 0 Å². The van der Waals surface area contributed by atoms with Gasteiger partial charge >= 0.3 is 0 Å². The van der Waals surface area contributed by atoms with E-state index in [2.05, 4.69) is 84.5 Å². The van der Waals surface area contributed by atoms with Crippen molar-refractivity contribution in [2.24, 2.45) is 4.99 Å². The van der Waals surface area contributed by atoms with Crippen molar-refractivity contribution < 1.29 is 4.79 Å². The first-order valence-electron chi connectivity index (χ1n) is 13.2. The molecule has 1 aliphatic carbocycles. The van der Waals surface area contributed by atoms with Crippen molar-refractivity contribution in [3.05, 3.63) is 54.1 Å². The van der Waals surface area contributed by atoms with E-state index >= 15 is 0 Å². The number of ketones is 1. The van der Waals surface area contributed by atoms with Crippen molar-refractivity contribution in [3.8, 4) is 22.5 Å². The Labute approximate surface area is 213 Å². The van der Waals surface area contributed by atoms with E-state index in [0.29, 0.717) is 12.2 Å². The van der Waals surface area contributed by atoms with E-state index in [9.17, 15) is 4.79 Å². The van der Waals surface area contributed by atoms with E-state index in [1.54, 1.807) is 0 Å². The van der Waals surface area contributed by atoms with Gasteiger partial charge in [-0.1, -0.05) is 61.9 Å². The lowest BCUT2D eigenvalue weighted by Gasteiger charge is -2.28. The molecular weight excluding hydrogens is 448 g/mol. The van der Waals surface area contributed by atoms with Gasteiger partial charge in [-0.15, -0.1) is 5.10 Å². The standard InChI is InChI=1S/C29H36N6O/c1-5-10-26-30-24-13-8-9-14-25(36)27(24)34(26)19-20-15-17-21(18-16-20)22-11-6-7-12-23(22)28-31-32-33-35(28)29(2,3)4/h6-7,11-12,15-18,26-27H,5,8-10,13-14,19H2,1-4H3. The van der Waals surface area contributed by atoms with Gasteiger partial charge in [-0.2, -0.15) is 0 Å². The van der Waals surface area contributed by atoms with Gasteiger partial charge in [-0.25, -0.2) is 4.68 Å². The van der Waals surface area contributed by atoms with Crippen molar-refractivity contribution in [2.45, 2.75) is 90.5 Å². The molecule has 1 aromatic heterocycles. The highest BCUT2D eigenvalue weighted by molar-refractivity contribution is 6.10. The molecular formula is C29H36N6O. The minimum Gasteiger partial charge on any atom is -0.297 e. The summed E-state index contributed by atoms with van der Waals surface area (Å²) in [7, 11) is 0. The first-order valence-corrected chi connectivity index (χ1v) is 13.2. The van der Waals surface area contributed by atoms with Crippen molar-refractivity contribution in [1.29, 1.82) is 0 Å². The molecule has 2 aromatic carbocycles. The highest BCUT2D eigenvalue weighted by Gasteiger charge is 2.40. The highest BCUT2D eigenvalue weighted by Crippen LogP contribution is 2.34. The zero-order valence-corrected chi connectivity index (χ0v) is 21.8. The average molecular weight is 485 g/mol. The molecule has 2 atom stereocenters. The fourth-order valence-electron chi connectivity index (χ4n) is 5.44. The third-order valence-electron chi connectivity index (χ3n) is 7.21. The maximum atomic E-state index is 13.0. The Kier molecular flexibility index (Phi) is 6.84. The minimum atomic E-state index is -0.225. The molecule has 7 nitrogen and oxygen atoms in total. The molecule has 0 N–H and O–H groups in total. The molecule has 1 aliphatic heterocycles. The van der Waals surface area contributed by atoms with Gasteiger partial charge in [0.25, 0.3) is 0 Å². The summed E-state index contributed by atoms with van der Waals surface area (Å²) >= 11 is 0. The fraction of sp³-hybridized carbons (Fsp3) is 0.483. The summed E-state index contributed by atoms with van der Waals surface area (Å²) in [5, 5.41) is 12.6. The molecule has 1 saturated carbocycles. The Bertz CT molecular complexity index is 1250. The van der Waals surface area contributed by atoms with Gasteiger partial charge in [-0.05, 0) is 73.6 Å². The fourth-order valence-corrected chi connectivity index (χ4v) is 5.44. The van der Waals surface area contributed by atoms with E-state index in [4.69, 9.17) is 4.99 Å². The minimum absolute atomic E-state index is 0.105. The molecule has 0 saturated heterocycles. The van der Waals surface area contributed by atoms with E-state index < -0.39 is 0 Å². The molecule has 36 heavy (non-hydrogen) atoms. The Morgan fingerprint density at radius 2 is 1.69 bits per heavy atom. The number of nitrogens with zero attached hydrogens (tertiary/aromatic N) is 6. The second-order valence-electron chi connectivity index (χ2n) is 11.0. The molecule has 0 spiro atoms. The summed E-state index contributed by atoms with van der Waals surface area (Å²) in [6, 6.07) is 16.8. The highest BCUT2D eigenvalue weighted by atomic mass is 16.1. The Hall–Kier alpha value is -3.19. The first-order chi connectivity index (χ1) is 17.4. The van der Waals surface area contributed by atoms with Crippen molar-refractivity contribution >= 4 is 11.5 Å². The molecule has 2 aliphatic rings. The number of Topliss-reactive ketones (excluding diaryl/α,β-unsaturated/α-hetero) is 1. The summed E-state index contributed by atoms with van der Waals surface area (Å²) in [4.78, 5) is 20.4. The number of carbonyl (C=O) groups is 1.